The van der Waals surface area contributed by atoms with Crippen molar-refractivity contribution in [3.8, 4) is 5.69 Å². The third kappa shape index (κ3) is 1.47. The SMILES string of the molecule is Nc1nc2cc(C(=O)O)c(-n3ccnc3)cn2n1. The van der Waals surface area contributed by atoms with Crippen LogP contribution >= 0.6 is 0 Å². The second kappa shape index (κ2) is 3.55. The van der Waals surface area contributed by atoms with E-state index in [1.54, 1.807) is 23.2 Å². The van der Waals surface area contributed by atoms with Gasteiger partial charge in [0.25, 0.3) is 0 Å². The van der Waals surface area contributed by atoms with Gasteiger partial charge in [0.1, 0.15) is 0 Å². The lowest BCUT2D eigenvalue weighted by molar-refractivity contribution is 0.0697. The van der Waals surface area contributed by atoms with Crippen LogP contribution in [0.3, 0.4) is 0 Å². The Morgan fingerprint density at radius 1 is 1.44 bits per heavy atom. The van der Waals surface area contributed by atoms with Gasteiger partial charge in [0.15, 0.2) is 5.65 Å². The summed E-state index contributed by atoms with van der Waals surface area (Å²) in [6.07, 6.45) is 6.26. The summed E-state index contributed by atoms with van der Waals surface area (Å²) in [6, 6.07) is 1.42. The largest absolute Gasteiger partial charge is 0.478 e. The monoisotopic (exact) mass is 244 g/mol. The molecule has 8 heteroatoms. The fourth-order valence-electron chi connectivity index (χ4n) is 1.71. The Balaban J connectivity index is 2.33. The van der Waals surface area contributed by atoms with E-state index in [4.69, 9.17) is 5.73 Å². The molecule has 0 saturated heterocycles. The number of aromatic nitrogens is 5. The van der Waals surface area contributed by atoms with E-state index in [1.807, 2.05) is 0 Å². The van der Waals surface area contributed by atoms with Crippen LogP contribution in [0.25, 0.3) is 11.3 Å². The fourth-order valence-corrected chi connectivity index (χ4v) is 1.71. The van der Waals surface area contributed by atoms with E-state index in [0.717, 1.165) is 0 Å². The van der Waals surface area contributed by atoms with Crippen molar-refractivity contribution in [2.45, 2.75) is 0 Å². The third-order valence-electron chi connectivity index (χ3n) is 2.48. The molecule has 18 heavy (non-hydrogen) atoms. The number of nitrogens with two attached hydrogens (primary N) is 1. The Kier molecular flexibility index (Phi) is 2.03. The van der Waals surface area contributed by atoms with Crippen molar-refractivity contribution < 1.29 is 9.90 Å². The summed E-state index contributed by atoms with van der Waals surface area (Å²) in [6.45, 7) is 0. The van der Waals surface area contributed by atoms with Crippen molar-refractivity contribution in [1.29, 1.82) is 0 Å². The minimum atomic E-state index is -1.05. The molecule has 0 spiro atoms. The molecule has 0 aromatic carbocycles. The average molecular weight is 244 g/mol. The fraction of sp³-hybridized carbons (Fsp3) is 0. The van der Waals surface area contributed by atoms with Gasteiger partial charge in [-0.3, -0.25) is 0 Å². The number of rotatable bonds is 2. The molecule has 0 radical (unpaired) electrons. The maximum absolute atomic E-state index is 11.2. The highest BCUT2D eigenvalue weighted by Crippen LogP contribution is 2.17. The molecule has 0 unspecified atom stereocenters. The van der Waals surface area contributed by atoms with E-state index in [-0.39, 0.29) is 11.5 Å². The van der Waals surface area contributed by atoms with Crippen LogP contribution in [0.2, 0.25) is 0 Å². The van der Waals surface area contributed by atoms with Gasteiger partial charge in [0.2, 0.25) is 5.95 Å². The highest BCUT2D eigenvalue weighted by molar-refractivity contribution is 5.93. The number of hydrogen-bond acceptors (Lipinski definition) is 5. The molecule has 8 nitrogen and oxygen atoms in total. The number of carbonyl (C=O) groups is 1. The zero-order valence-electron chi connectivity index (χ0n) is 9.06. The van der Waals surface area contributed by atoms with Crippen LogP contribution in [0.15, 0.2) is 31.0 Å². The van der Waals surface area contributed by atoms with Crippen LogP contribution in [-0.2, 0) is 0 Å². The van der Waals surface area contributed by atoms with Gasteiger partial charge >= 0.3 is 5.97 Å². The van der Waals surface area contributed by atoms with Crippen LogP contribution < -0.4 is 5.73 Å². The van der Waals surface area contributed by atoms with Gasteiger partial charge in [-0.25, -0.2) is 14.3 Å². The van der Waals surface area contributed by atoms with Crippen molar-refractivity contribution in [2.75, 3.05) is 5.73 Å². The van der Waals surface area contributed by atoms with Crippen LogP contribution in [0, 0.1) is 0 Å². The minimum Gasteiger partial charge on any atom is -0.478 e. The van der Waals surface area contributed by atoms with E-state index >= 15 is 0 Å². The van der Waals surface area contributed by atoms with Crippen LogP contribution in [0.1, 0.15) is 10.4 Å². The molecule has 0 bridgehead atoms. The third-order valence-corrected chi connectivity index (χ3v) is 2.48. The first-order valence-electron chi connectivity index (χ1n) is 5.02. The Morgan fingerprint density at radius 2 is 2.28 bits per heavy atom. The van der Waals surface area contributed by atoms with Crippen LogP contribution in [0.5, 0.6) is 0 Å². The summed E-state index contributed by atoms with van der Waals surface area (Å²) in [5.74, 6) is -0.961. The molecule has 0 aliphatic heterocycles. The molecular formula is C10H8N6O2. The number of hydrogen-bond donors (Lipinski definition) is 2. The maximum Gasteiger partial charge on any atom is 0.338 e. The summed E-state index contributed by atoms with van der Waals surface area (Å²) in [5.41, 5.74) is 6.41. The Labute approximate surface area is 100 Å². The summed E-state index contributed by atoms with van der Waals surface area (Å²) in [5, 5.41) is 13.1. The molecular weight excluding hydrogens is 236 g/mol. The normalized spacial score (nSPS) is 10.9. The van der Waals surface area contributed by atoms with E-state index < -0.39 is 5.97 Å². The van der Waals surface area contributed by atoms with Gasteiger partial charge in [-0.05, 0) is 6.07 Å². The average Bonchev–Trinajstić information content (AvgIpc) is 2.93. The maximum atomic E-state index is 11.2. The molecule has 0 fully saturated rings. The predicted molar refractivity (Wildman–Crippen MR) is 61.5 cm³/mol. The first kappa shape index (κ1) is 10.3. The second-order valence-electron chi connectivity index (χ2n) is 3.62. The molecule has 3 aromatic heterocycles. The number of nitrogen functional groups attached to an aromatic ring is 1. The Morgan fingerprint density at radius 3 is 2.94 bits per heavy atom. The van der Waals surface area contributed by atoms with Gasteiger partial charge in [0, 0.05) is 12.4 Å². The zero-order valence-corrected chi connectivity index (χ0v) is 9.06. The highest BCUT2D eigenvalue weighted by Gasteiger charge is 2.15. The van der Waals surface area contributed by atoms with Crippen molar-refractivity contribution in [1.82, 2.24) is 24.1 Å². The topological polar surface area (TPSA) is 111 Å². The number of fused-ring (bicyclic) bond motifs is 1. The number of aromatic carboxylic acids is 1. The molecule has 0 aliphatic carbocycles. The van der Waals surface area contributed by atoms with Gasteiger partial charge < -0.3 is 15.4 Å². The lowest BCUT2D eigenvalue weighted by Crippen LogP contribution is -2.06. The number of carboxylic acid groups (broad SMARTS) is 1. The molecule has 3 aromatic rings. The summed E-state index contributed by atoms with van der Waals surface area (Å²) in [4.78, 5) is 19.0. The minimum absolute atomic E-state index is 0.0918. The van der Waals surface area contributed by atoms with E-state index in [0.29, 0.717) is 11.3 Å². The summed E-state index contributed by atoms with van der Waals surface area (Å²) < 4.78 is 3.01. The molecule has 3 rings (SSSR count). The molecule has 3 N–H and O–H groups in total. The quantitative estimate of drug-likeness (QED) is 0.665. The van der Waals surface area contributed by atoms with Crippen molar-refractivity contribution >= 4 is 17.6 Å². The Bertz CT molecular complexity index is 730. The number of pyridine rings is 1. The summed E-state index contributed by atoms with van der Waals surface area (Å²) in [7, 11) is 0. The number of nitrogens with zero attached hydrogens (tertiary/aromatic N) is 5. The van der Waals surface area contributed by atoms with Crippen molar-refractivity contribution in [2.24, 2.45) is 0 Å². The predicted octanol–water partition coefficient (Wildman–Crippen LogP) is 0.195. The lowest BCUT2D eigenvalue weighted by Gasteiger charge is -2.06. The molecule has 3 heterocycles. The highest BCUT2D eigenvalue weighted by atomic mass is 16.4. The van der Waals surface area contributed by atoms with Crippen molar-refractivity contribution in [3.63, 3.8) is 0 Å². The van der Waals surface area contributed by atoms with Crippen LogP contribution in [0.4, 0.5) is 5.95 Å². The molecule has 90 valence electrons. The van der Waals surface area contributed by atoms with E-state index in [2.05, 4.69) is 15.1 Å². The van der Waals surface area contributed by atoms with Gasteiger partial charge in [-0.1, -0.05) is 0 Å². The first-order valence-corrected chi connectivity index (χ1v) is 5.02. The smallest absolute Gasteiger partial charge is 0.338 e. The molecule has 0 saturated carbocycles. The Hall–Kier alpha value is -2.90. The molecule has 0 aliphatic rings. The standard InChI is InChI=1S/C10H8N6O2/c11-10-13-8-3-6(9(17)18)7(4-16(8)14-10)15-2-1-12-5-15/h1-5H,(H2,11,14)(H,17,18). The molecule has 0 amide bonds. The number of imidazole rings is 1. The van der Waals surface area contributed by atoms with Gasteiger partial charge in [-0.15, -0.1) is 5.10 Å². The first-order chi connectivity index (χ1) is 8.65. The number of carboxylic acids is 1. The van der Waals surface area contributed by atoms with E-state index in [9.17, 15) is 9.90 Å². The van der Waals surface area contributed by atoms with Gasteiger partial charge in [-0.2, -0.15) is 4.98 Å². The zero-order chi connectivity index (χ0) is 12.7. The van der Waals surface area contributed by atoms with Crippen LogP contribution in [-0.4, -0.2) is 35.2 Å². The lowest BCUT2D eigenvalue weighted by atomic mass is 10.2. The summed E-state index contributed by atoms with van der Waals surface area (Å²) >= 11 is 0. The second-order valence-corrected chi connectivity index (χ2v) is 3.62. The van der Waals surface area contributed by atoms with Gasteiger partial charge in [0.05, 0.1) is 23.8 Å². The van der Waals surface area contributed by atoms with Crippen molar-refractivity contribution in [3.05, 3.63) is 36.5 Å². The molecule has 0 atom stereocenters. The van der Waals surface area contributed by atoms with E-state index in [1.165, 1.54) is 16.9 Å². The number of anilines is 1.